The van der Waals surface area contributed by atoms with Gasteiger partial charge in [-0.3, -0.25) is 0 Å². The fraction of sp³-hybridized carbons (Fsp3) is 0.625. The number of benzene rings is 1. The van der Waals surface area contributed by atoms with Crippen LogP contribution in [0.2, 0.25) is 0 Å². The van der Waals surface area contributed by atoms with Crippen LogP contribution in [0, 0.1) is 6.92 Å². The lowest BCUT2D eigenvalue weighted by molar-refractivity contribution is 0.309. The van der Waals surface area contributed by atoms with Gasteiger partial charge in [0.25, 0.3) is 0 Å². The number of unbranched alkanes of at least 4 members (excludes halogenated alkanes) is 1. The number of rotatable bonds is 5. The van der Waals surface area contributed by atoms with Crippen LogP contribution in [0.3, 0.4) is 0 Å². The Kier molecular flexibility index (Phi) is 5.52. The highest BCUT2D eigenvalue weighted by molar-refractivity contribution is 5.56. The van der Waals surface area contributed by atoms with E-state index < -0.39 is 0 Å². The Labute approximate surface area is 116 Å². The zero-order chi connectivity index (χ0) is 13.5. The van der Waals surface area contributed by atoms with Crippen molar-refractivity contribution in [1.29, 1.82) is 0 Å². The topological polar surface area (TPSA) is 24.5 Å². The molecule has 0 aliphatic carbocycles. The normalized spacial score (nSPS) is 16.2. The Morgan fingerprint density at radius 2 is 2.16 bits per heavy atom. The summed E-state index contributed by atoms with van der Waals surface area (Å²) < 4.78 is 5.76. The van der Waals surface area contributed by atoms with Crippen molar-refractivity contribution in [3.63, 3.8) is 0 Å². The molecule has 0 atom stereocenters. The van der Waals surface area contributed by atoms with Crippen LogP contribution in [0.4, 0.5) is 5.69 Å². The van der Waals surface area contributed by atoms with Gasteiger partial charge in [0, 0.05) is 25.3 Å². The van der Waals surface area contributed by atoms with E-state index in [1.807, 2.05) is 0 Å². The number of hydrogen-bond acceptors (Lipinski definition) is 3. The molecule has 3 heteroatoms. The number of aryl methyl sites for hydroxylation is 1. The maximum Gasteiger partial charge on any atom is 0.119 e. The molecule has 1 aliphatic heterocycles. The molecule has 19 heavy (non-hydrogen) atoms. The first-order valence-electron chi connectivity index (χ1n) is 7.50. The predicted octanol–water partition coefficient (Wildman–Crippen LogP) is 2.97. The van der Waals surface area contributed by atoms with E-state index >= 15 is 0 Å². The molecule has 2 rings (SSSR count). The van der Waals surface area contributed by atoms with Crippen LogP contribution in [0.1, 0.15) is 31.7 Å². The third-order valence-corrected chi connectivity index (χ3v) is 3.62. The second-order valence-corrected chi connectivity index (χ2v) is 5.24. The van der Waals surface area contributed by atoms with E-state index in [0.29, 0.717) is 0 Å². The summed E-state index contributed by atoms with van der Waals surface area (Å²) in [4.78, 5) is 2.48. The summed E-state index contributed by atoms with van der Waals surface area (Å²) in [6.45, 7) is 9.64. The van der Waals surface area contributed by atoms with E-state index in [1.165, 1.54) is 24.1 Å². The van der Waals surface area contributed by atoms with E-state index in [-0.39, 0.29) is 0 Å². The van der Waals surface area contributed by atoms with E-state index in [1.54, 1.807) is 0 Å². The minimum Gasteiger partial charge on any atom is -0.494 e. The van der Waals surface area contributed by atoms with Gasteiger partial charge in [0.2, 0.25) is 0 Å². The minimum absolute atomic E-state index is 0.822. The zero-order valence-corrected chi connectivity index (χ0v) is 12.2. The quantitative estimate of drug-likeness (QED) is 0.826. The van der Waals surface area contributed by atoms with Crippen LogP contribution >= 0.6 is 0 Å². The van der Waals surface area contributed by atoms with Crippen molar-refractivity contribution in [2.75, 3.05) is 37.7 Å². The van der Waals surface area contributed by atoms with Gasteiger partial charge in [-0.1, -0.05) is 13.3 Å². The summed E-state index contributed by atoms with van der Waals surface area (Å²) in [5.41, 5.74) is 2.67. The predicted molar refractivity (Wildman–Crippen MR) is 81.3 cm³/mol. The largest absolute Gasteiger partial charge is 0.494 e. The lowest BCUT2D eigenvalue weighted by atomic mass is 10.1. The first kappa shape index (κ1) is 14.2. The van der Waals surface area contributed by atoms with Gasteiger partial charge in [-0.15, -0.1) is 0 Å². The molecule has 0 radical (unpaired) electrons. The average molecular weight is 262 g/mol. The van der Waals surface area contributed by atoms with Crippen molar-refractivity contribution in [3.05, 3.63) is 23.8 Å². The fourth-order valence-electron chi connectivity index (χ4n) is 2.49. The van der Waals surface area contributed by atoms with Crippen LogP contribution < -0.4 is 15.0 Å². The summed E-state index contributed by atoms with van der Waals surface area (Å²) >= 11 is 0. The molecule has 1 fully saturated rings. The van der Waals surface area contributed by atoms with Crippen LogP contribution in [0.25, 0.3) is 0 Å². The van der Waals surface area contributed by atoms with Gasteiger partial charge in [-0.25, -0.2) is 0 Å². The number of hydrogen-bond donors (Lipinski definition) is 1. The Morgan fingerprint density at radius 3 is 2.95 bits per heavy atom. The third kappa shape index (κ3) is 4.13. The molecule has 0 amide bonds. The molecule has 0 spiro atoms. The van der Waals surface area contributed by atoms with E-state index in [0.717, 1.165) is 45.0 Å². The zero-order valence-electron chi connectivity index (χ0n) is 12.2. The van der Waals surface area contributed by atoms with Gasteiger partial charge in [0.15, 0.2) is 0 Å². The maximum atomic E-state index is 5.76. The molecular weight excluding hydrogens is 236 g/mol. The summed E-state index contributed by atoms with van der Waals surface area (Å²) in [5.74, 6) is 1.00. The van der Waals surface area contributed by atoms with Gasteiger partial charge in [-0.2, -0.15) is 0 Å². The Hall–Kier alpha value is -1.22. The maximum absolute atomic E-state index is 5.76. The standard InChI is InChI=1S/C16H26N2O/c1-3-4-12-19-15-6-7-16(14(2)13-15)18-10-5-8-17-9-11-18/h6-7,13,17H,3-5,8-12H2,1-2H3. The van der Waals surface area contributed by atoms with Crippen LogP contribution in [0.15, 0.2) is 18.2 Å². The summed E-state index contributed by atoms with van der Waals surface area (Å²) in [5, 5.41) is 3.45. The number of anilines is 1. The lowest BCUT2D eigenvalue weighted by Gasteiger charge is -2.24. The summed E-state index contributed by atoms with van der Waals surface area (Å²) in [6, 6.07) is 6.49. The third-order valence-electron chi connectivity index (χ3n) is 3.62. The van der Waals surface area contributed by atoms with Crippen molar-refractivity contribution in [2.24, 2.45) is 0 Å². The van der Waals surface area contributed by atoms with Gasteiger partial charge in [0.05, 0.1) is 6.61 Å². The molecule has 1 saturated heterocycles. The van der Waals surface area contributed by atoms with Crippen LogP contribution in [-0.2, 0) is 0 Å². The Bertz CT molecular complexity index is 384. The van der Waals surface area contributed by atoms with Crippen molar-refractivity contribution < 1.29 is 4.74 Å². The van der Waals surface area contributed by atoms with Crippen molar-refractivity contribution >= 4 is 5.69 Å². The molecule has 0 aromatic heterocycles. The van der Waals surface area contributed by atoms with Gasteiger partial charge in [-0.05, 0) is 50.1 Å². The fourth-order valence-corrected chi connectivity index (χ4v) is 2.49. The van der Waals surface area contributed by atoms with Crippen LogP contribution in [-0.4, -0.2) is 32.8 Å². The first-order chi connectivity index (χ1) is 9.31. The second kappa shape index (κ2) is 7.39. The van der Waals surface area contributed by atoms with E-state index in [4.69, 9.17) is 4.74 Å². The first-order valence-corrected chi connectivity index (χ1v) is 7.50. The highest BCUT2D eigenvalue weighted by atomic mass is 16.5. The highest BCUT2D eigenvalue weighted by Crippen LogP contribution is 2.25. The molecule has 0 bridgehead atoms. The molecule has 1 aromatic rings. The number of nitrogens with zero attached hydrogens (tertiary/aromatic N) is 1. The number of nitrogens with one attached hydrogen (secondary N) is 1. The minimum atomic E-state index is 0.822. The van der Waals surface area contributed by atoms with Gasteiger partial charge >= 0.3 is 0 Å². The average Bonchev–Trinajstić information content (AvgIpc) is 2.68. The van der Waals surface area contributed by atoms with Crippen molar-refractivity contribution in [1.82, 2.24) is 5.32 Å². The van der Waals surface area contributed by atoms with E-state index in [2.05, 4.69) is 42.3 Å². The molecule has 3 nitrogen and oxygen atoms in total. The molecule has 0 unspecified atom stereocenters. The molecule has 1 heterocycles. The summed E-state index contributed by atoms with van der Waals surface area (Å²) in [7, 11) is 0. The van der Waals surface area contributed by atoms with Gasteiger partial charge < -0.3 is 15.0 Å². The monoisotopic (exact) mass is 262 g/mol. The molecule has 106 valence electrons. The molecule has 1 aliphatic rings. The highest BCUT2D eigenvalue weighted by Gasteiger charge is 2.12. The lowest BCUT2D eigenvalue weighted by Crippen LogP contribution is -2.28. The molecule has 1 N–H and O–H groups in total. The number of ether oxygens (including phenoxy) is 1. The van der Waals surface area contributed by atoms with Gasteiger partial charge in [0.1, 0.15) is 5.75 Å². The smallest absolute Gasteiger partial charge is 0.119 e. The molecular formula is C16H26N2O. The van der Waals surface area contributed by atoms with Crippen molar-refractivity contribution in [3.8, 4) is 5.75 Å². The Morgan fingerprint density at radius 1 is 1.26 bits per heavy atom. The van der Waals surface area contributed by atoms with E-state index in [9.17, 15) is 0 Å². The Balaban J connectivity index is 2.01. The molecule has 0 saturated carbocycles. The van der Waals surface area contributed by atoms with Crippen molar-refractivity contribution in [2.45, 2.75) is 33.1 Å². The molecule has 1 aromatic carbocycles. The SMILES string of the molecule is CCCCOc1ccc(N2CCCNCC2)c(C)c1. The van der Waals surface area contributed by atoms with Crippen LogP contribution in [0.5, 0.6) is 5.75 Å². The summed E-state index contributed by atoms with van der Waals surface area (Å²) in [6.07, 6.45) is 3.52. The second-order valence-electron chi connectivity index (χ2n) is 5.24.